The van der Waals surface area contributed by atoms with E-state index in [9.17, 15) is 14.0 Å². The second kappa shape index (κ2) is 10.4. The Morgan fingerprint density at radius 1 is 1.22 bits per heavy atom. The van der Waals surface area contributed by atoms with Crippen LogP contribution < -0.4 is 5.32 Å². The number of pyridine rings is 1. The van der Waals surface area contributed by atoms with Gasteiger partial charge in [-0.15, -0.1) is 0 Å². The molecule has 1 saturated heterocycles. The Kier molecular flexibility index (Phi) is 7.08. The number of esters is 1. The van der Waals surface area contributed by atoms with E-state index in [0.717, 1.165) is 42.5 Å². The third-order valence-corrected chi connectivity index (χ3v) is 8.18. The average Bonchev–Trinajstić information content (AvgIpc) is 3.15. The van der Waals surface area contributed by atoms with Crippen LogP contribution in [0.25, 0.3) is 17.2 Å². The van der Waals surface area contributed by atoms with Crippen molar-refractivity contribution >= 4 is 18.1 Å². The number of halogens is 1. The standard InChI is InChI=1S/C29H33FN2O4/c1-3-35-29(34)32-23-10-11-24-20(14-23)15-26-27(17(2)36-28(26)33)25(24)12-9-22-8-7-19(16-31-22)18-5-4-6-21(30)13-18/h4-9,12-13,16-17,20,23-27H,3,10-11,14-15H2,1-2H3,(H,32,34)/b12-9+/t17-,20?,23+,24+,25-,26+,27+/m0/s1. The Morgan fingerprint density at radius 2 is 2.08 bits per heavy atom. The second-order valence-electron chi connectivity index (χ2n) is 10.3. The summed E-state index contributed by atoms with van der Waals surface area (Å²) in [7, 11) is 0. The third-order valence-electron chi connectivity index (χ3n) is 8.18. The Bertz CT molecular complexity index is 1130. The normalized spacial score (nSPS) is 31.4. The number of amides is 1. The van der Waals surface area contributed by atoms with Gasteiger partial charge in [-0.1, -0.05) is 24.3 Å². The first-order valence-electron chi connectivity index (χ1n) is 13.0. The molecule has 1 amide bonds. The number of carbonyl (C=O) groups is 2. The first-order valence-corrected chi connectivity index (χ1v) is 13.0. The van der Waals surface area contributed by atoms with Crippen molar-refractivity contribution in [2.24, 2.45) is 29.6 Å². The van der Waals surface area contributed by atoms with Gasteiger partial charge in [0.25, 0.3) is 0 Å². The third kappa shape index (κ3) is 5.01. The van der Waals surface area contributed by atoms with Crippen molar-refractivity contribution in [2.75, 3.05) is 6.61 Å². The highest BCUT2D eigenvalue weighted by Crippen LogP contribution is 2.53. The zero-order valence-electron chi connectivity index (χ0n) is 20.7. The van der Waals surface area contributed by atoms with Crippen molar-refractivity contribution in [1.82, 2.24) is 10.3 Å². The van der Waals surface area contributed by atoms with Gasteiger partial charge >= 0.3 is 12.1 Å². The summed E-state index contributed by atoms with van der Waals surface area (Å²) in [6.45, 7) is 4.15. The largest absolute Gasteiger partial charge is 0.462 e. The van der Waals surface area contributed by atoms with Crippen molar-refractivity contribution in [3.63, 3.8) is 0 Å². The van der Waals surface area contributed by atoms with E-state index in [1.807, 2.05) is 31.2 Å². The van der Waals surface area contributed by atoms with Crippen LogP contribution in [-0.2, 0) is 14.3 Å². The Morgan fingerprint density at radius 3 is 2.83 bits per heavy atom. The van der Waals surface area contributed by atoms with E-state index < -0.39 is 0 Å². The molecule has 0 bridgehead atoms. The van der Waals surface area contributed by atoms with Gasteiger partial charge in [0.05, 0.1) is 18.2 Å². The zero-order chi connectivity index (χ0) is 25.2. The Labute approximate surface area is 211 Å². The van der Waals surface area contributed by atoms with E-state index in [-0.39, 0.29) is 47.8 Å². The van der Waals surface area contributed by atoms with E-state index in [0.29, 0.717) is 18.4 Å². The van der Waals surface area contributed by atoms with Crippen molar-refractivity contribution in [1.29, 1.82) is 0 Å². The molecule has 0 spiro atoms. The van der Waals surface area contributed by atoms with Crippen LogP contribution in [0.4, 0.5) is 9.18 Å². The Balaban J connectivity index is 1.34. The fraction of sp³-hybridized carbons (Fsp3) is 0.483. The lowest BCUT2D eigenvalue weighted by Crippen LogP contribution is -2.48. The summed E-state index contributed by atoms with van der Waals surface area (Å²) in [5, 5.41) is 3.00. The predicted octanol–water partition coefficient (Wildman–Crippen LogP) is 5.63. The van der Waals surface area contributed by atoms with Crippen LogP contribution in [0.15, 0.2) is 48.7 Å². The number of aromatic nitrogens is 1. The second-order valence-corrected chi connectivity index (χ2v) is 10.3. The van der Waals surface area contributed by atoms with Gasteiger partial charge in [0.2, 0.25) is 0 Å². The molecular weight excluding hydrogens is 459 g/mol. The lowest BCUT2D eigenvalue weighted by molar-refractivity contribution is -0.144. The van der Waals surface area contributed by atoms with E-state index in [4.69, 9.17) is 9.47 Å². The Hall–Kier alpha value is -3.22. The number of allylic oxidation sites excluding steroid dienone is 1. The number of alkyl carbamates (subject to hydrolysis) is 1. The molecule has 7 atom stereocenters. The summed E-state index contributed by atoms with van der Waals surface area (Å²) >= 11 is 0. The van der Waals surface area contributed by atoms with Crippen molar-refractivity contribution in [3.05, 3.63) is 60.2 Å². The molecule has 2 aromatic rings. The van der Waals surface area contributed by atoms with Crippen LogP contribution in [0.3, 0.4) is 0 Å². The molecule has 7 heteroatoms. The van der Waals surface area contributed by atoms with E-state index in [1.165, 1.54) is 12.1 Å². The number of ether oxygens (including phenoxy) is 2. The SMILES string of the molecule is CCOC(=O)N[C@@H]1CC[C@@H]2C(C1)C[C@H]1C(=O)O[C@@H](C)[C@@H]1[C@H]2/C=C/c1ccc(-c2cccc(F)c2)cn1. The number of carbonyl (C=O) groups excluding carboxylic acids is 2. The summed E-state index contributed by atoms with van der Waals surface area (Å²) in [6, 6.07) is 10.4. The van der Waals surface area contributed by atoms with Gasteiger partial charge in [-0.25, -0.2) is 9.18 Å². The van der Waals surface area contributed by atoms with E-state index in [2.05, 4.69) is 16.4 Å². The number of nitrogens with one attached hydrogen (secondary N) is 1. The molecule has 1 aliphatic heterocycles. The number of hydrogen-bond donors (Lipinski definition) is 1. The van der Waals surface area contributed by atoms with Crippen LogP contribution in [-0.4, -0.2) is 35.8 Å². The molecule has 1 aromatic heterocycles. The van der Waals surface area contributed by atoms with Gasteiger partial charge in [0, 0.05) is 23.7 Å². The predicted molar refractivity (Wildman–Crippen MR) is 134 cm³/mol. The molecule has 1 N–H and O–H groups in total. The molecule has 36 heavy (non-hydrogen) atoms. The van der Waals surface area contributed by atoms with Gasteiger partial charge in [0.1, 0.15) is 11.9 Å². The summed E-state index contributed by atoms with van der Waals surface area (Å²) in [6.07, 6.45) is 9.07. The lowest BCUT2D eigenvalue weighted by atomic mass is 9.57. The molecule has 0 radical (unpaired) electrons. The maximum Gasteiger partial charge on any atom is 0.407 e. The molecule has 3 fully saturated rings. The molecule has 1 unspecified atom stereocenters. The minimum atomic E-state index is -0.368. The van der Waals surface area contributed by atoms with Gasteiger partial charge in [-0.3, -0.25) is 9.78 Å². The topological polar surface area (TPSA) is 77.5 Å². The highest BCUT2D eigenvalue weighted by Gasteiger charge is 2.54. The molecule has 2 saturated carbocycles. The average molecular weight is 493 g/mol. The van der Waals surface area contributed by atoms with Crippen molar-refractivity contribution < 1.29 is 23.5 Å². The molecule has 3 aliphatic rings. The number of hydrogen-bond acceptors (Lipinski definition) is 5. The quantitative estimate of drug-likeness (QED) is 0.548. The van der Waals surface area contributed by atoms with Crippen molar-refractivity contribution in [3.8, 4) is 11.1 Å². The molecule has 5 rings (SSSR count). The molecule has 190 valence electrons. The van der Waals surface area contributed by atoms with Crippen molar-refractivity contribution in [2.45, 2.75) is 51.7 Å². The zero-order valence-corrected chi connectivity index (χ0v) is 20.7. The maximum absolute atomic E-state index is 13.6. The van der Waals surface area contributed by atoms with E-state index in [1.54, 1.807) is 19.2 Å². The number of cyclic esters (lactones) is 1. The fourth-order valence-corrected chi connectivity index (χ4v) is 6.64. The smallest absolute Gasteiger partial charge is 0.407 e. The van der Waals surface area contributed by atoms with Gasteiger partial charge in [-0.2, -0.15) is 0 Å². The van der Waals surface area contributed by atoms with Gasteiger partial charge in [-0.05, 0) is 87.1 Å². The highest BCUT2D eigenvalue weighted by atomic mass is 19.1. The van der Waals surface area contributed by atoms with E-state index >= 15 is 0 Å². The summed E-state index contributed by atoms with van der Waals surface area (Å²) in [5.41, 5.74) is 2.48. The monoisotopic (exact) mass is 492 g/mol. The minimum absolute atomic E-state index is 0.0679. The summed E-state index contributed by atoms with van der Waals surface area (Å²) < 4.78 is 24.3. The molecule has 1 aromatic carbocycles. The first kappa shape index (κ1) is 24.5. The number of fused-ring (bicyclic) bond motifs is 2. The number of benzene rings is 1. The van der Waals surface area contributed by atoms with Crippen LogP contribution in [0, 0.1) is 35.4 Å². The van der Waals surface area contributed by atoms with Crippen LogP contribution in [0.1, 0.15) is 45.2 Å². The highest BCUT2D eigenvalue weighted by molar-refractivity contribution is 5.75. The lowest BCUT2D eigenvalue weighted by Gasteiger charge is -2.47. The first-order chi connectivity index (χ1) is 17.4. The van der Waals surface area contributed by atoms with Gasteiger partial charge < -0.3 is 14.8 Å². The minimum Gasteiger partial charge on any atom is -0.462 e. The number of rotatable bonds is 5. The summed E-state index contributed by atoms with van der Waals surface area (Å²) in [4.78, 5) is 29.2. The van der Waals surface area contributed by atoms with Gasteiger partial charge in [0.15, 0.2) is 0 Å². The number of nitrogens with zero attached hydrogens (tertiary/aromatic N) is 1. The maximum atomic E-state index is 13.6. The van der Waals surface area contributed by atoms with Crippen LogP contribution in [0.2, 0.25) is 0 Å². The molecule has 6 nitrogen and oxygen atoms in total. The fourth-order valence-electron chi connectivity index (χ4n) is 6.64. The summed E-state index contributed by atoms with van der Waals surface area (Å²) in [5.74, 6) is 0.629. The van der Waals surface area contributed by atoms with Crippen LogP contribution in [0.5, 0.6) is 0 Å². The molecule has 2 heterocycles. The molecular formula is C29H33FN2O4. The van der Waals surface area contributed by atoms with Crippen LogP contribution >= 0.6 is 0 Å². The molecule has 2 aliphatic carbocycles.